The van der Waals surface area contributed by atoms with Gasteiger partial charge in [0.05, 0.1) is 13.2 Å². The molecule has 0 bridgehead atoms. The number of methoxy groups -OCH3 is 1. The minimum atomic E-state index is -0.206. The summed E-state index contributed by atoms with van der Waals surface area (Å²) in [7, 11) is 1.56. The van der Waals surface area contributed by atoms with E-state index in [0.717, 1.165) is 0 Å². The van der Waals surface area contributed by atoms with Crippen LogP contribution in [0.3, 0.4) is 0 Å². The fraction of sp³-hybridized carbons (Fsp3) is 1.00. The van der Waals surface area contributed by atoms with Gasteiger partial charge in [0.2, 0.25) is 0 Å². The number of rotatable bonds is 4. The van der Waals surface area contributed by atoms with E-state index in [4.69, 9.17) is 14.6 Å². The van der Waals surface area contributed by atoms with E-state index in [0.29, 0.717) is 6.61 Å². The average Bonchev–Trinajstić information content (AvgIpc) is 1.83. The largest absolute Gasteiger partial charge is 0.394 e. The molecule has 0 fully saturated rings. The Morgan fingerprint density at radius 2 is 2.25 bits per heavy atom. The van der Waals surface area contributed by atoms with Crippen molar-refractivity contribution in [2.45, 2.75) is 13.2 Å². The first-order valence-corrected chi connectivity index (χ1v) is 2.56. The summed E-state index contributed by atoms with van der Waals surface area (Å²) < 4.78 is 9.59. The number of hydrogen-bond acceptors (Lipinski definition) is 3. The summed E-state index contributed by atoms with van der Waals surface area (Å²) in [6, 6.07) is 0. The monoisotopic (exact) mass is 120 g/mol. The molecule has 0 aromatic heterocycles. The Morgan fingerprint density at radius 3 is 2.62 bits per heavy atom. The summed E-state index contributed by atoms with van der Waals surface area (Å²) in [6.07, 6.45) is -0.206. The van der Waals surface area contributed by atoms with Crippen molar-refractivity contribution in [1.29, 1.82) is 0 Å². The molecule has 1 atom stereocenters. The van der Waals surface area contributed by atoms with Gasteiger partial charge in [-0.05, 0) is 6.92 Å². The van der Waals surface area contributed by atoms with E-state index in [1.165, 1.54) is 0 Å². The highest BCUT2D eigenvalue weighted by atomic mass is 16.7. The molecule has 3 nitrogen and oxygen atoms in total. The topological polar surface area (TPSA) is 38.7 Å². The van der Waals surface area contributed by atoms with Gasteiger partial charge in [-0.3, -0.25) is 0 Å². The van der Waals surface area contributed by atoms with Crippen molar-refractivity contribution in [3.63, 3.8) is 0 Å². The van der Waals surface area contributed by atoms with Crippen LogP contribution in [0.5, 0.6) is 0 Å². The zero-order valence-corrected chi connectivity index (χ0v) is 5.26. The van der Waals surface area contributed by atoms with Crippen LogP contribution in [0.1, 0.15) is 6.92 Å². The summed E-state index contributed by atoms with van der Waals surface area (Å²) >= 11 is 0. The fourth-order valence-corrected chi connectivity index (χ4v) is 0.287. The standard InChI is InChI=1S/C5H12O3/c1-5(7-2)8-4-3-6/h5-6H,3-4H2,1-2H3/t5-/m0/s1. The van der Waals surface area contributed by atoms with Crippen LogP contribution in [-0.2, 0) is 9.47 Å². The van der Waals surface area contributed by atoms with Crippen molar-refractivity contribution in [2.24, 2.45) is 0 Å². The van der Waals surface area contributed by atoms with E-state index in [2.05, 4.69) is 0 Å². The SMILES string of the molecule is CO[C@H](C)OCCO. The molecule has 0 aliphatic rings. The average molecular weight is 120 g/mol. The van der Waals surface area contributed by atoms with Gasteiger partial charge in [-0.25, -0.2) is 0 Å². The van der Waals surface area contributed by atoms with Crippen LogP contribution in [-0.4, -0.2) is 31.7 Å². The minimum Gasteiger partial charge on any atom is -0.394 e. The highest BCUT2D eigenvalue weighted by Crippen LogP contribution is 1.87. The summed E-state index contributed by atoms with van der Waals surface area (Å²) in [5.41, 5.74) is 0. The first kappa shape index (κ1) is 7.88. The molecule has 0 heterocycles. The third-order valence-corrected chi connectivity index (χ3v) is 0.776. The van der Waals surface area contributed by atoms with Crippen molar-refractivity contribution < 1.29 is 14.6 Å². The van der Waals surface area contributed by atoms with Crippen LogP contribution in [0.15, 0.2) is 0 Å². The molecule has 3 heteroatoms. The van der Waals surface area contributed by atoms with E-state index in [-0.39, 0.29) is 12.9 Å². The molecule has 0 aliphatic heterocycles. The van der Waals surface area contributed by atoms with Gasteiger partial charge in [-0.15, -0.1) is 0 Å². The Labute approximate surface area is 49.2 Å². The molecular weight excluding hydrogens is 108 g/mol. The smallest absolute Gasteiger partial charge is 0.154 e. The van der Waals surface area contributed by atoms with Crippen molar-refractivity contribution >= 4 is 0 Å². The zero-order chi connectivity index (χ0) is 6.41. The number of aliphatic hydroxyl groups excluding tert-OH is 1. The van der Waals surface area contributed by atoms with Gasteiger partial charge in [-0.1, -0.05) is 0 Å². The van der Waals surface area contributed by atoms with E-state index in [1.807, 2.05) is 0 Å². The minimum absolute atomic E-state index is 0.0493. The highest BCUT2D eigenvalue weighted by Gasteiger charge is 1.94. The fourth-order valence-electron chi connectivity index (χ4n) is 0.287. The lowest BCUT2D eigenvalue weighted by molar-refractivity contribution is -0.117. The van der Waals surface area contributed by atoms with Crippen LogP contribution in [0.2, 0.25) is 0 Å². The molecule has 0 aromatic rings. The summed E-state index contributed by atoms with van der Waals surface area (Å²) in [5.74, 6) is 0. The molecule has 0 saturated carbocycles. The van der Waals surface area contributed by atoms with Crippen molar-refractivity contribution in [2.75, 3.05) is 20.3 Å². The predicted molar refractivity (Wildman–Crippen MR) is 29.5 cm³/mol. The maximum atomic E-state index is 8.23. The molecule has 0 aromatic carbocycles. The van der Waals surface area contributed by atoms with Gasteiger partial charge in [0, 0.05) is 7.11 Å². The molecule has 0 saturated heterocycles. The molecular formula is C5H12O3. The van der Waals surface area contributed by atoms with Gasteiger partial charge in [0.15, 0.2) is 6.29 Å². The first-order valence-electron chi connectivity index (χ1n) is 2.56. The van der Waals surface area contributed by atoms with Crippen LogP contribution < -0.4 is 0 Å². The number of ether oxygens (including phenoxy) is 2. The van der Waals surface area contributed by atoms with Gasteiger partial charge >= 0.3 is 0 Å². The Balaban J connectivity index is 2.86. The lowest BCUT2D eigenvalue weighted by Gasteiger charge is -2.08. The van der Waals surface area contributed by atoms with Gasteiger partial charge in [-0.2, -0.15) is 0 Å². The van der Waals surface area contributed by atoms with Gasteiger partial charge < -0.3 is 14.6 Å². The summed E-state index contributed by atoms with van der Waals surface area (Å²) in [5, 5.41) is 8.23. The molecule has 1 N–H and O–H groups in total. The summed E-state index contributed by atoms with van der Waals surface area (Å²) in [4.78, 5) is 0. The Bertz CT molecular complexity index is 46.9. The molecule has 50 valence electrons. The zero-order valence-electron chi connectivity index (χ0n) is 5.26. The number of hydrogen-bond donors (Lipinski definition) is 1. The first-order chi connectivity index (χ1) is 3.81. The van der Waals surface area contributed by atoms with Crippen molar-refractivity contribution in [1.82, 2.24) is 0 Å². The normalized spacial score (nSPS) is 13.9. The second-order valence-electron chi connectivity index (χ2n) is 1.40. The molecule has 0 rings (SSSR count). The van der Waals surface area contributed by atoms with Gasteiger partial charge in [0.1, 0.15) is 0 Å². The molecule has 0 radical (unpaired) electrons. The second kappa shape index (κ2) is 5.03. The Kier molecular flexibility index (Phi) is 4.95. The third-order valence-electron chi connectivity index (χ3n) is 0.776. The molecule has 0 spiro atoms. The second-order valence-corrected chi connectivity index (χ2v) is 1.40. The van der Waals surface area contributed by atoms with Crippen molar-refractivity contribution in [3.05, 3.63) is 0 Å². The van der Waals surface area contributed by atoms with Crippen LogP contribution in [0.25, 0.3) is 0 Å². The van der Waals surface area contributed by atoms with E-state index < -0.39 is 0 Å². The predicted octanol–water partition coefficient (Wildman–Crippen LogP) is -0.0123. The molecule has 0 aliphatic carbocycles. The lowest BCUT2D eigenvalue weighted by Crippen LogP contribution is -2.12. The van der Waals surface area contributed by atoms with E-state index in [1.54, 1.807) is 14.0 Å². The Morgan fingerprint density at radius 1 is 1.62 bits per heavy atom. The van der Waals surface area contributed by atoms with Crippen molar-refractivity contribution in [3.8, 4) is 0 Å². The van der Waals surface area contributed by atoms with E-state index >= 15 is 0 Å². The van der Waals surface area contributed by atoms with Gasteiger partial charge in [0.25, 0.3) is 0 Å². The van der Waals surface area contributed by atoms with Crippen LogP contribution in [0.4, 0.5) is 0 Å². The van der Waals surface area contributed by atoms with Crippen LogP contribution >= 0.6 is 0 Å². The quantitative estimate of drug-likeness (QED) is 0.530. The number of aliphatic hydroxyl groups is 1. The molecule has 0 unspecified atom stereocenters. The third kappa shape index (κ3) is 4.05. The summed E-state index contributed by atoms with van der Waals surface area (Å²) in [6.45, 7) is 2.17. The molecule has 8 heavy (non-hydrogen) atoms. The maximum absolute atomic E-state index is 8.23. The lowest BCUT2D eigenvalue weighted by atomic mass is 10.7. The van der Waals surface area contributed by atoms with E-state index in [9.17, 15) is 0 Å². The molecule has 0 amide bonds. The van der Waals surface area contributed by atoms with Crippen LogP contribution in [0, 0.1) is 0 Å². The highest BCUT2D eigenvalue weighted by molar-refractivity contribution is 4.27. The maximum Gasteiger partial charge on any atom is 0.154 e. The Hall–Kier alpha value is -0.120.